The quantitative estimate of drug-likeness (QED) is 0.409. The second kappa shape index (κ2) is 9.89. The van der Waals surface area contributed by atoms with E-state index < -0.39 is 0 Å². The molecule has 0 radical (unpaired) electrons. The topological polar surface area (TPSA) is 0 Å². The second-order valence-electron chi connectivity index (χ2n) is 4.61. The molecule has 0 amide bonds. The molecule has 0 aromatic rings. The van der Waals surface area contributed by atoms with Gasteiger partial charge in [-0.15, -0.1) is 0 Å². The van der Waals surface area contributed by atoms with Crippen molar-refractivity contribution in [1.82, 2.24) is 0 Å². The Morgan fingerprint density at radius 1 is 0.812 bits per heavy atom. The van der Waals surface area contributed by atoms with Crippen LogP contribution in [-0.4, -0.2) is 5.33 Å². The van der Waals surface area contributed by atoms with Crippen molar-refractivity contribution in [2.75, 3.05) is 5.33 Å². The van der Waals surface area contributed by atoms with Crippen LogP contribution in [0.1, 0.15) is 53.4 Å². The Morgan fingerprint density at radius 3 is 1.81 bits per heavy atom. The van der Waals surface area contributed by atoms with Gasteiger partial charge in [0.1, 0.15) is 0 Å². The van der Waals surface area contributed by atoms with Crippen molar-refractivity contribution in [2.24, 2.45) is 0 Å². The summed E-state index contributed by atoms with van der Waals surface area (Å²) in [7, 11) is 0. The van der Waals surface area contributed by atoms with Gasteiger partial charge in [-0.05, 0) is 53.4 Å². The summed E-state index contributed by atoms with van der Waals surface area (Å²) in [4.78, 5) is 0. The van der Waals surface area contributed by atoms with Crippen LogP contribution in [0.25, 0.3) is 0 Å². The zero-order chi connectivity index (χ0) is 12.4. The van der Waals surface area contributed by atoms with E-state index in [2.05, 4.69) is 61.9 Å². The van der Waals surface area contributed by atoms with Gasteiger partial charge in [0.05, 0.1) is 0 Å². The summed E-state index contributed by atoms with van der Waals surface area (Å²) >= 11 is 3.42. The molecule has 0 spiro atoms. The normalized spacial score (nSPS) is 12.8. The lowest BCUT2D eigenvalue weighted by molar-refractivity contribution is 0.917. The van der Waals surface area contributed by atoms with Crippen LogP contribution in [0.15, 0.2) is 34.9 Å². The molecule has 0 aromatic carbocycles. The SMILES string of the molecule is CC(C)=CCCC(C)=CCC/C(C)=C/CBr. The zero-order valence-corrected chi connectivity index (χ0v) is 12.7. The van der Waals surface area contributed by atoms with E-state index >= 15 is 0 Å². The minimum Gasteiger partial charge on any atom is -0.0883 e. The monoisotopic (exact) mass is 284 g/mol. The average molecular weight is 285 g/mol. The first-order valence-electron chi connectivity index (χ1n) is 6.07. The lowest BCUT2D eigenvalue weighted by Crippen LogP contribution is -1.81. The van der Waals surface area contributed by atoms with Gasteiger partial charge < -0.3 is 0 Å². The second-order valence-corrected chi connectivity index (χ2v) is 5.26. The zero-order valence-electron chi connectivity index (χ0n) is 11.1. The van der Waals surface area contributed by atoms with Crippen LogP contribution >= 0.6 is 15.9 Å². The Hall–Kier alpha value is -0.300. The van der Waals surface area contributed by atoms with E-state index in [1.165, 1.54) is 42.4 Å². The maximum absolute atomic E-state index is 3.42. The fraction of sp³-hybridized carbons (Fsp3) is 0.600. The highest BCUT2D eigenvalue weighted by molar-refractivity contribution is 9.09. The maximum Gasteiger partial charge on any atom is 0.0214 e. The summed E-state index contributed by atoms with van der Waals surface area (Å²) in [6.07, 6.45) is 11.7. The van der Waals surface area contributed by atoms with Gasteiger partial charge in [0, 0.05) is 5.33 Å². The predicted octanol–water partition coefficient (Wildman–Crippen LogP) is 5.80. The number of rotatable bonds is 7. The summed E-state index contributed by atoms with van der Waals surface area (Å²) in [5.74, 6) is 0. The summed E-state index contributed by atoms with van der Waals surface area (Å²) in [5, 5.41) is 0.974. The highest BCUT2D eigenvalue weighted by Crippen LogP contribution is 2.11. The van der Waals surface area contributed by atoms with Gasteiger partial charge in [0.15, 0.2) is 0 Å². The molecule has 0 nitrogen and oxygen atoms in total. The fourth-order valence-corrected chi connectivity index (χ4v) is 2.02. The van der Waals surface area contributed by atoms with Gasteiger partial charge in [-0.3, -0.25) is 0 Å². The molecule has 0 aliphatic heterocycles. The van der Waals surface area contributed by atoms with Crippen LogP contribution in [-0.2, 0) is 0 Å². The molecule has 0 aromatic heterocycles. The van der Waals surface area contributed by atoms with Gasteiger partial charge in [-0.25, -0.2) is 0 Å². The van der Waals surface area contributed by atoms with E-state index in [0.29, 0.717) is 0 Å². The first kappa shape index (κ1) is 15.7. The molecule has 0 N–H and O–H groups in total. The van der Waals surface area contributed by atoms with Crippen molar-refractivity contribution >= 4 is 15.9 Å². The van der Waals surface area contributed by atoms with Gasteiger partial charge in [0.25, 0.3) is 0 Å². The van der Waals surface area contributed by atoms with Crippen molar-refractivity contribution in [3.8, 4) is 0 Å². The van der Waals surface area contributed by atoms with E-state index in [1.807, 2.05) is 0 Å². The van der Waals surface area contributed by atoms with Gasteiger partial charge in [0.2, 0.25) is 0 Å². The number of halogens is 1. The molecular weight excluding hydrogens is 260 g/mol. The Bertz CT molecular complexity index is 265. The van der Waals surface area contributed by atoms with E-state index in [1.54, 1.807) is 0 Å². The molecule has 0 saturated carbocycles. The van der Waals surface area contributed by atoms with E-state index in [9.17, 15) is 0 Å². The van der Waals surface area contributed by atoms with Crippen LogP contribution < -0.4 is 0 Å². The Morgan fingerprint density at radius 2 is 1.31 bits per heavy atom. The third kappa shape index (κ3) is 10.2. The third-order valence-electron chi connectivity index (χ3n) is 2.55. The number of alkyl halides is 1. The highest BCUT2D eigenvalue weighted by Gasteiger charge is 1.91. The first-order valence-corrected chi connectivity index (χ1v) is 7.19. The molecule has 0 rings (SSSR count). The first-order chi connectivity index (χ1) is 7.56. The van der Waals surface area contributed by atoms with Crippen molar-refractivity contribution in [3.05, 3.63) is 34.9 Å². The molecule has 92 valence electrons. The van der Waals surface area contributed by atoms with Crippen molar-refractivity contribution in [1.29, 1.82) is 0 Å². The van der Waals surface area contributed by atoms with Gasteiger partial charge in [-0.1, -0.05) is 50.9 Å². The fourth-order valence-electron chi connectivity index (χ4n) is 1.47. The molecule has 0 heterocycles. The molecular formula is C15H25Br. The molecule has 1 heteroatoms. The van der Waals surface area contributed by atoms with E-state index in [0.717, 1.165) is 5.33 Å². The Labute approximate surface area is 110 Å². The standard InChI is InChI=1S/C15H25Br/c1-13(2)7-5-8-14(3)9-6-10-15(4)11-12-16/h7,9,11H,5-6,8,10,12H2,1-4H3/b14-9?,15-11+. The summed E-state index contributed by atoms with van der Waals surface area (Å²) in [6.45, 7) is 8.76. The molecule has 0 fully saturated rings. The molecule has 0 unspecified atom stereocenters. The number of hydrogen-bond acceptors (Lipinski definition) is 0. The smallest absolute Gasteiger partial charge is 0.0214 e. The number of allylic oxidation sites excluding steroid dienone is 6. The van der Waals surface area contributed by atoms with Crippen molar-refractivity contribution in [3.63, 3.8) is 0 Å². The maximum atomic E-state index is 3.42. The number of hydrogen-bond donors (Lipinski definition) is 0. The average Bonchev–Trinajstić information content (AvgIpc) is 2.17. The summed E-state index contributed by atoms with van der Waals surface area (Å²) in [5.41, 5.74) is 4.42. The molecule has 16 heavy (non-hydrogen) atoms. The highest BCUT2D eigenvalue weighted by atomic mass is 79.9. The van der Waals surface area contributed by atoms with Crippen LogP contribution in [0, 0.1) is 0 Å². The third-order valence-corrected chi connectivity index (χ3v) is 2.87. The lowest BCUT2D eigenvalue weighted by Gasteiger charge is -2.00. The van der Waals surface area contributed by atoms with Crippen LogP contribution in [0.2, 0.25) is 0 Å². The Balaban J connectivity index is 3.79. The molecule has 0 aliphatic rings. The molecule has 0 saturated heterocycles. The summed E-state index contributed by atoms with van der Waals surface area (Å²) in [6, 6.07) is 0. The van der Waals surface area contributed by atoms with E-state index in [4.69, 9.17) is 0 Å². The van der Waals surface area contributed by atoms with Crippen LogP contribution in [0.4, 0.5) is 0 Å². The van der Waals surface area contributed by atoms with Gasteiger partial charge in [-0.2, -0.15) is 0 Å². The minimum absolute atomic E-state index is 0.974. The van der Waals surface area contributed by atoms with Crippen LogP contribution in [0.5, 0.6) is 0 Å². The lowest BCUT2D eigenvalue weighted by atomic mass is 10.1. The van der Waals surface area contributed by atoms with Gasteiger partial charge >= 0.3 is 0 Å². The van der Waals surface area contributed by atoms with Crippen molar-refractivity contribution < 1.29 is 0 Å². The van der Waals surface area contributed by atoms with Crippen molar-refractivity contribution in [2.45, 2.75) is 53.4 Å². The minimum atomic E-state index is 0.974. The van der Waals surface area contributed by atoms with E-state index in [-0.39, 0.29) is 0 Å². The predicted molar refractivity (Wildman–Crippen MR) is 79.2 cm³/mol. The summed E-state index contributed by atoms with van der Waals surface area (Å²) < 4.78 is 0. The molecule has 0 bridgehead atoms. The molecule has 0 atom stereocenters. The largest absolute Gasteiger partial charge is 0.0883 e. The van der Waals surface area contributed by atoms with Crippen LogP contribution in [0.3, 0.4) is 0 Å². The molecule has 0 aliphatic carbocycles. The Kier molecular flexibility index (Phi) is 9.71.